The normalized spacial score (nSPS) is 10.9. The second-order valence-corrected chi connectivity index (χ2v) is 8.06. The second-order valence-electron chi connectivity index (χ2n) is 6.89. The lowest BCUT2D eigenvalue weighted by molar-refractivity contribution is 0.200. The van der Waals surface area contributed by atoms with Gasteiger partial charge >= 0.3 is 5.76 Å². The van der Waals surface area contributed by atoms with Gasteiger partial charge in [-0.1, -0.05) is 5.16 Å². The van der Waals surface area contributed by atoms with E-state index >= 15 is 0 Å². The Hall–Kier alpha value is -3.77. The standard InChI is InChI=1S/C22H19F2N5O4S/c1-31-7-2-8-34-15-10-18(32-17-5-4-14(23)9-16(17)24)21(26-12-15)27-19-6-3-13(11-25-19)20-28-22(30)33-29-20/h3-6,9-12H,2,7-8H2,1H3,(H,25,26,27)(H,28,29,30). The molecule has 0 aliphatic heterocycles. The van der Waals surface area contributed by atoms with Crippen LogP contribution in [0, 0.1) is 11.6 Å². The van der Waals surface area contributed by atoms with E-state index in [9.17, 15) is 13.6 Å². The van der Waals surface area contributed by atoms with Crippen LogP contribution in [0.1, 0.15) is 6.42 Å². The molecule has 0 fully saturated rings. The monoisotopic (exact) mass is 487 g/mol. The van der Waals surface area contributed by atoms with Crippen LogP contribution in [0.4, 0.5) is 20.4 Å². The van der Waals surface area contributed by atoms with Crippen LogP contribution in [-0.2, 0) is 4.74 Å². The number of methoxy groups -OCH3 is 1. The van der Waals surface area contributed by atoms with E-state index in [1.54, 1.807) is 43.3 Å². The highest BCUT2D eigenvalue weighted by atomic mass is 32.2. The SMILES string of the molecule is COCCCSc1cnc(Nc2ccc(-c3noc(=O)[nH]3)cn2)c(Oc2ccc(F)cc2F)c1. The Morgan fingerprint density at radius 2 is 2.00 bits per heavy atom. The van der Waals surface area contributed by atoms with Crippen molar-refractivity contribution >= 4 is 23.4 Å². The maximum atomic E-state index is 14.2. The molecule has 0 amide bonds. The van der Waals surface area contributed by atoms with Gasteiger partial charge in [0.1, 0.15) is 11.6 Å². The number of rotatable bonds is 10. The summed E-state index contributed by atoms with van der Waals surface area (Å²) in [6.45, 7) is 0.633. The fraction of sp³-hybridized carbons (Fsp3) is 0.182. The van der Waals surface area contributed by atoms with Crippen molar-refractivity contribution in [2.75, 3.05) is 24.8 Å². The maximum absolute atomic E-state index is 14.2. The van der Waals surface area contributed by atoms with Gasteiger partial charge in [-0.15, -0.1) is 11.8 Å². The van der Waals surface area contributed by atoms with Crippen LogP contribution < -0.4 is 15.8 Å². The van der Waals surface area contributed by atoms with E-state index < -0.39 is 17.4 Å². The van der Waals surface area contributed by atoms with Crippen molar-refractivity contribution in [3.05, 3.63) is 71.0 Å². The summed E-state index contributed by atoms with van der Waals surface area (Å²) in [7, 11) is 1.64. The van der Waals surface area contributed by atoms with Gasteiger partial charge in [-0.2, -0.15) is 0 Å². The number of anilines is 2. The quantitative estimate of drug-likeness (QED) is 0.241. The van der Waals surface area contributed by atoms with Crippen LogP contribution in [-0.4, -0.2) is 39.6 Å². The minimum absolute atomic E-state index is 0.147. The number of ether oxygens (including phenoxy) is 2. The number of hydrogen-bond donors (Lipinski definition) is 2. The molecule has 3 heterocycles. The van der Waals surface area contributed by atoms with Gasteiger partial charge in [0.25, 0.3) is 0 Å². The summed E-state index contributed by atoms with van der Waals surface area (Å²) in [5.41, 5.74) is 0.539. The average Bonchev–Trinajstić information content (AvgIpc) is 3.27. The topological polar surface area (TPSA) is 115 Å². The van der Waals surface area contributed by atoms with Crippen LogP contribution >= 0.6 is 11.8 Å². The van der Waals surface area contributed by atoms with Crippen LogP contribution in [0.25, 0.3) is 11.4 Å². The summed E-state index contributed by atoms with van der Waals surface area (Å²) in [4.78, 5) is 23.1. The molecule has 34 heavy (non-hydrogen) atoms. The molecule has 4 rings (SSSR count). The molecule has 1 aromatic carbocycles. The summed E-state index contributed by atoms with van der Waals surface area (Å²) in [6, 6.07) is 8.08. The number of aromatic amines is 1. The summed E-state index contributed by atoms with van der Waals surface area (Å²) < 4.78 is 42.8. The number of aromatic nitrogens is 4. The molecule has 0 saturated carbocycles. The van der Waals surface area contributed by atoms with Gasteiger partial charge < -0.3 is 14.8 Å². The first kappa shape index (κ1) is 23.4. The molecule has 2 N–H and O–H groups in total. The number of nitrogens with zero attached hydrogens (tertiary/aromatic N) is 3. The first-order valence-corrected chi connectivity index (χ1v) is 11.0. The van der Waals surface area contributed by atoms with E-state index in [2.05, 4.69) is 29.9 Å². The van der Waals surface area contributed by atoms with E-state index in [1.165, 1.54) is 12.3 Å². The van der Waals surface area contributed by atoms with Crippen LogP contribution in [0.2, 0.25) is 0 Å². The van der Waals surface area contributed by atoms with E-state index in [0.29, 0.717) is 18.0 Å². The van der Waals surface area contributed by atoms with E-state index in [0.717, 1.165) is 29.2 Å². The zero-order chi connectivity index (χ0) is 23.9. The molecule has 176 valence electrons. The lowest BCUT2D eigenvalue weighted by atomic mass is 10.2. The highest BCUT2D eigenvalue weighted by Gasteiger charge is 2.14. The van der Waals surface area contributed by atoms with E-state index in [4.69, 9.17) is 9.47 Å². The molecule has 0 saturated heterocycles. The molecule has 4 aromatic rings. The van der Waals surface area contributed by atoms with Gasteiger partial charge in [0.2, 0.25) is 0 Å². The molecule has 9 nitrogen and oxygen atoms in total. The maximum Gasteiger partial charge on any atom is 0.439 e. The number of nitrogens with one attached hydrogen (secondary N) is 2. The Morgan fingerprint density at radius 3 is 2.71 bits per heavy atom. The van der Waals surface area contributed by atoms with Gasteiger partial charge in [0.05, 0.1) is 0 Å². The van der Waals surface area contributed by atoms with Crippen LogP contribution in [0.3, 0.4) is 0 Å². The third-order valence-corrected chi connectivity index (χ3v) is 5.48. The minimum atomic E-state index is -0.840. The van der Waals surface area contributed by atoms with Crippen molar-refractivity contribution in [3.63, 3.8) is 0 Å². The summed E-state index contributed by atoms with van der Waals surface area (Å²) in [5.74, 6) is -0.411. The van der Waals surface area contributed by atoms with Crippen LogP contribution in [0.5, 0.6) is 11.5 Å². The fourth-order valence-corrected chi connectivity index (χ4v) is 3.65. The Morgan fingerprint density at radius 1 is 1.12 bits per heavy atom. The highest BCUT2D eigenvalue weighted by molar-refractivity contribution is 7.99. The van der Waals surface area contributed by atoms with Crippen LogP contribution in [0.15, 0.2) is 63.0 Å². The smallest absolute Gasteiger partial charge is 0.439 e. The molecular weight excluding hydrogens is 468 g/mol. The third kappa shape index (κ3) is 5.97. The third-order valence-electron chi connectivity index (χ3n) is 4.43. The number of thioether (sulfide) groups is 1. The van der Waals surface area contributed by atoms with Crippen molar-refractivity contribution < 1.29 is 22.8 Å². The second kappa shape index (κ2) is 10.9. The number of pyridine rings is 2. The lowest BCUT2D eigenvalue weighted by Gasteiger charge is -2.14. The molecule has 0 aliphatic carbocycles. The molecule has 3 aromatic heterocycles. The van der Waals surface area contributed by atoms with Gasteiger partial charge in [0, 0.05) is 48.4 Å². The molecule has 0 atom stereocenters. The Labute approximate surface area is 196 Å². The Kier molecular flexibility index (Phi) is 7.50. The molecule has 0 radical (unpaired) electrons. The number of hydrogen-bond acceptors (Lipinski definition) is 9. The molecule has 0 bridgehead atoms. The summed E-state index contributed by atoms with van der Waals surface area (Å²) in [6.07, 6.45) is 3.98. The van der Waals surface area contributed by atoms with Crippen molar-refractivity contribution in [1.29, 1.82) is 0 Å². The zero-order valence-electron chi connectivity index (χ0n) is 17.9. The lowest BCUT2D eigenvalue weighted by Crippen LogP contribution is -2.01. The fourth-order valence-electron chi connectivity index (χ4n) is 2.83. The first-order valence-electron chi connectivity index (χ1n) is 10.1. The number of H-pyrrole nitrogens is 1. The predicted octanol–water partition coefficient (Wildman–Crippen LogP) is 4.76. The van der Waals surface area contributed by atoms with Crippen molar-refractivity contribution in [1.82, 2.24) is 20.1 Å². The van der Waals surface area contributed by atoms with Gasteiger partial charge in [0.15, 0.2) is 29.0 Å². The molecule has 12 heteroatoms. The van der Waals surface area contributed by atoms with E-state index in [1.807, 2.05) is 0 Å². The van der Waals surface area contributed by atoms with Crippen molar-refractivity contribution in [3.8, 4) is 22.9 Å². The Bertz CT molecular complexity index is 1310. The summed E-state index contributed by atoms with van der Waals surface area (Å²) in [5, 5.41) is 6.63. The largest absolute Gasteiger partial charge is 0.450 e. The molecule has 0 aliphatic rings. The average molecular weight is 487 g/mol. The van der Waals surface area contributed by atoms with E-state index in [-0.39, 0.29) is 23.1 Å². The van der Waals surface area contributed by atoms with Gasteiger partial charge in [-0.3, -0.25) is 9.51 Å². The molecule has 0 unspecified atom stereocenters. The predicted molar refractivity (Wildman–Crippen MR) is 122 cm³/mol. The van der Waals surface area contributed by atoms with Crippen molar-refractivity contribution in [2.45, 2.75) is 11.3 Å². The van der Waals surface area contributed by atoms with Crippen molar-refractivity contribution in [2.24, 2.45) is 0 Å². The zero-order valence-corrected chi connectivity index (χ0v) is 18.7. The number of benzene rings is 1. The minimum Gasteiger partial charge on any atom is -0.450 e. The first-order chi connectivity index (χ1) is 16.5. The summed E-state index contributed by atoms with van der Waals surface area (Å²) >= 11 is 1.54. The highest BCUT2D eigenvalue weighted by Crippen LogP contribution is 2.34. The molecular formula is C22H19F2N5O4S. The number of halogens is 2. The molecule has 0 spiro atoms. The van der Waals surface area contributed by atoms with Gasteiger partial charge in [-0.05, 0) is 36.8 Å². The Balaban J connectivity index is 1.57. The van der Waals surface area contributed by atoms with Gasteiger partial charge in [-0.25, -0.2) is 23.5 Å².